The zero-order chi connectivity index (χ0) is 16.4. The second-order valence-corrected chi connectivity index (χ2v) is 5.26. The smallest absolute Gasteiger partial charge is 0.366 e. The van der Waals surface area contributed by atoms with E-state index >= 15 is 0 Å². The lowest BCUT2D eigenvalue weighted by Crippen LogP contribution is -2.16. The van der Waals surface area contributed by atoms with E-state index in [9.17, 15) is 18.0 Å². The minimum absolute atomic E-state index is 0.0313. The average Bonchev–Trinajstić information content (AvgIpc) is 3.31. The van der Waals surface area contributed by atoms with Crippen LogP contribution in [0.4, 0.5) is 24.7 Å². The average molecular weight is 322 g/mol. The first kappa shape index (κ1) is 15.3. The van der Waals surface area contributed by atoms with Crippen LogP contribution in [0, 0.1) is 0 Å². The Bertz CT molecular complexity index is 711. The molecule has 2 N–H and O–H groups in total. The van der Waals surface area contributed by atoms with Gasteiger partial charge in [-0.05, 0) is 43.2 Å². The number of rotatable bonds is 4. The van der Waals surface area contributed by atoms with E-state index < -0.39 is 17.6 Å². The lowest BCUT2D eigenvalue weighted by atomic mass is 10.2. The first-order valence-electron chi connectivity index (χ1n) is 7.01. The number of anilines is 2. The van der Waals surface area contributed by atoms with Crippen LogP contribution in [-0.4, -0.2) is 22.1 Å². The number of alkyl halides is 3. The minimum atomic E-state index is -4.46. The molecule has 0 atom stereocenters. The van der Waals surface area contributed by atoms with E-state index in [4.69, 9.17) is 0 Å². The topological polar surface area (TPSA) is 66.9 Å². The third-order valence-electron chi connectivity index (χ3n) is 3.27. The standard InChI is InChI=1S/C15H13F3N4O/c16-15(17,18)9-2-1-3-11(8-9)20-14(23)12-6-7-13(22-21-12)19-10-4-5-10/h1-3,6-8,10H,4-5H2,(H,19,22)(H,20,23). The minimum Gasteiger partial charge on any atom is -0.366 e. The molecule has 23 heavy (non-hydrogen) atoms. The maximum Gasteiger partial charge on any atom is 0.416 e. The largest absolute Gasteiger partial charge is 0.416 e. The number of nitrogens with zero attached hydrogens (tertiary/aromatic N) is 2. The van der Waals surface area contributed by atoms with Crippen molar-refractivity contribution >= 4 is 17.4 Å². The second-order valence-electron chi connectivity index (χ2n) is 5.26. The number of amides is 1. The zero-order valence-electron chi connectivity index (χ0n) is 11.9. The number of hydrogen-bond donors (Lipinski definition) is 2. The van der Waals surface area contributed by atoms with Gasteiger partial charge < -0.3 is 10.6 Å². The van der Waals surface area contributed by atoms with Gasteiger partial charge >= 0.3 is 6.18 Å². The Hall–Kier alpha value is -2.64. The fourth-order valence-electron chi connectivity index (χ4n) is 1.94. The lowest BCUT2D eigenvalue weighted by molar-refractivity contribution is -0.137. The zero-order valence-corrected chi connectivity index (χ0v) is 11.9. The highest BCUT2D eigenvalue weighted by Crippen LogP contribution is 2.30. The third kappa shape index (κ3) is 3.97. The molecule has 0 spiro atoms. The monoisotopic (exact) mass is 322 g/mol. The summed E-state index contributed by atoms with van der Waals surface area (Å²) in [5.41, 5.74) is -0.749. The number of aromatic nitrogens is 2. The number of carbonyl (C=O) groups is 1. The van der Waals surface area contributed by atoms with Gasteiger partial charge in [-0.2, -0.15) is 13.2 Å². The molecule has 1 aliphatic carbocycles. The third-order valence-corrected chi connectivity index (χ3v) is 3.27. The van der Waals surface area contributed by atoms with E-state index in [2.05, 4.69) is 20.8 Å². The van der Waals surface area contributed by atoms with E-state index in [1.54, 1.807) is 6.07 Å². The summed E-state index contributed by atoms with van der Waals surface area (Å²) in [7, 11) is 0. The molecular weight excluding hydrogens is 309 g/mol. The SMILES string of the molecule is O=C(Nc1cccc(C(F)(F)F)c1)c1ccc(NC2CC2)nn1. The predicted octanol–water partition coefficient (Wildman–Crippen LogP) is 3.32. The molecule has 0 radical (unpaired) electrons. The van der Waals surface area contributed by atoms with Crippen molar-refractivity contribution in [1.29, 1.82) is 0 Å². The molecule has 1 aliphatic rings. The first-order valence-corrected chi connectivity index (χ1v) is 7.01. The van der Waals surface area contributed by atoms with Crippen LogP contribution in [0.1, 0.15) is 28.9 Å². The molecule has 1 amide bonds. The van der Waals surface area contributed by atoms with Crippen LogP contribution in [0.3, 0.4) is 0 Å². The molecule has 1 fully saturated rings. The van der Waals surface area contributed by atoms with Crippen molar-refractivity contribution in [1.82, 2.24) is 10.2 Å². The van der Waals surface area contributed by atoms with Crippen molar-refractivity contribution in [3.05, 3.63) is 47.7 Å². The summed E-state index contributed by atoms with van der Waals surface area (Å²) in [6.45, 7) is 0. The van der Waals surface area contributed by atoms with Crippen molar-refractivity contribution in [3.63, 3.8) is 0 Å². The fraction of sp³-hybridized carbons (Fsp3) is 0.267. The highest BCUT2D eigenvalue weighted by atomic mass is 19.4. The molecule has 1 aromatic carbocycles. The van der Waals surface area contributed by atoms with Crippen molar-refractivity contribution in [2.45, 2.75) is 25.1 Å². The lowest BCUT2D eigenvalue weighted by Gasteiger charge is -2.09. The van der Waals surface area contributed by atoms with Crippen LogP contribution in [0.25, 0.3) is 0 Å². The van der Waals surface area contributed by atoms with Gasteiger partial charge in [0, 0.05) is 11.7 Å². The van der Waals surface area contributed by atoms with Crippen LogP contribution >= 0.6 is 0 Å². The first-order chi connectivity index (χ1) is 10.9. The molecule has 120 valence electrons. The van der Waals surface area contributed by atoms with Crippen molar-refractivity contribution < 1.29 is 18.0 Å². The van der Waals surface area contributed by atoms with E-state index in [-0.39, 0.29) is 11.4 Å². The van der Waals surface area contributed by atoms with Gasteiger partial charge in [-0.25, -0.2) is 0 Å². The maximum atomic E-state index is 12.6. The molecule has 1 aromatic heterocycles. The number of carbonyl (C=O) groups excluding carboxylic acids is 1. The summed E-state index contributed by atoms with van der Waals surface area (Å²) in [6, 6.07) is 7.92. The van der Waals surface area contributed by atoms with Gasteiger partial charge in [0.25, 0.3) is 5.91 Å². The van der Waals surface area contributed by atoms with E-state index in [0.29, 0.717) is 11.9 Å². The number of nitrogens with one attached hydrogen (secondary N) is 2. The Kier molecular flexibility index (Phi) is 3.89. The Morgan fingerprint density at radius 2 is 1.91 bits per heavy atom. The highest BCUT2D eigenvalue weighted by molar-refractivity contribution is 6.02. The van der Waals surface area contributed by atoms with Gasteiger partial charge in [-0.1, -0.05) is 6.07 Å². The Balaban J connectivity index is 1.68. The van der Waals surface area contributed by atoms with E-state index in [1.807, 2.05) is 0 Å². The molecule has 3 rings (SSSR count). The Morgan fingerprint density at radius 3 is 2.52 bits per heavy atom. The number of halogens is 3. The summed E-state index contributed by atoms with van der Waals surface area (Å²) in [5.74, 6) is -0.0436. The molecule has 1 saturated carbocycles. The van der Waals surface area contributed by atoms with Gasteiger partial charge in [-0.15, -0.1) is 10.2 Å². The molecule has 8 heteroatoms. The summed E-state index contributed by atoms with van der Waals surface area (Å²) >= 11 is 0. The number of benzene rings is 1. The van der Waals surface area contributed by atoms with Crippen molar-refractivity contribution in [2.24, 2.45) is 0 Å². The summed E-state index contributed by atoms with van der Waals surface area (Å²) in [4.78, 5) is 12.0. The van der Waals surface area contributed by atoms with Gasteiger partial charge in [0.15, 0.2) is 5.69 Å². The van der Waals surface area contributed by atoms with E-state index in [0.717, 1.165) is 25.0 Å². The summed E-state index contributed by atoms with van der Waals surface area (Å²) < 4.78 is 37.9. The number of hydrogen-bond acceptors (Lipinski definition) is 4. The molecule has 1 heterocycles. The molecular formula is C15H13F3N4O. The maximum absolute atomic E-state index is 12.6. The summed E-state index contributed by atoms with van der Waals surface area (Å²) in [6.07, 6.45) is -2.30. The Morgan fingerprint density at radius 1 is 1.13 bits per heavy atom. The summed E-state index contributed by atoms with van der Waals surface area (Å²) in [5, 5.41) is 13.2. The normalized spacial score (nSPS) is 14.4. The molecule has 0 bridgehead atoms. The van der Waals surface area contributed by atoms with Gasteiger partial charge in [0.1, 0.15) is 5.82 Å². The van der Waals surface area contributed by atoms with Crippen LogP contribution in [0.15, 0.2) is 36.4 Å². The van der Waals surface area contributed by atoms with Crippen LogP contribution in [0.5, 0.6) is 0 Å². The second kappa shape index (κ2) is 5.86. The van der Waals surface area contributed by atoms with Gasteiger partial charge in [-0.3, -0.25) is 4.79 Å². The molecule has 0 unspecified atom stereocenters. The quantitative estimate of drug-likeness (QED) is 0.906. The van der Waals surface area contributed by atoms with Crippen molar-refractivity contribution in [2.75, 3.05) is 10.6 Å². The highest BCUT2D eigenvalue weighted by Gasteiger charge is 2.30. The van der Waals surface area contributed by atoms with Crippen LogP contribution in [0.2, 0.25) is 0 Å². The fourth-order valence-corrected chi connectivity index (χ4v) is 1.94. The molecule has 0 aliphatic heterocycles. The molecule has 2 aromatic rings. The van der Waals surface area contributed by atoms with Gasteiger partial charge in [0.05, 0.1) is 5.56 Å². The van der Waals surface area contributed by atoms with Crippen LogP contribution < -0.4 is 10.6 Å². The van der Waals surface area contributed by atoms with E-state index in [1.165, 1.54) is 18.2 Å². The molecule has 0 saturated heterocycles. The molecule has 5 nitrogen and oxygen atoms in total. The van der Waals surface area contributed by atoms with Crippen molar-refractivity contribution in [3.8, 4) is 0 Å². The van der Waals surface area contributed by atoms with Gasteiger partial charge in [0.2, 0.25) is 0 Å². The van der Waals surface area contributed by atoms with Crippen LogP contribution in [-0.2, 0) is 6.18 Å². The Labute approximate surface area is 129 Å². The predicted molar refractivity (Wildman–Crippen MR) is 78.1 cm³/mol.